The van der Waals surface area contributed by atoms with Crippen LogP contribution >= 0.6 is 39.3 Å². The summed E-state index contributed by atoms with van der Waals surface area (Å²) < 4.78 is 0.851. The molecule has 0 atom stereocenters. The van der Waals surface area contributed by atoms with Crippen molar-refractivity contribution >= 4 is 45.0 Å². The third-order valence-corrected chi connectivity index (χ3v) is 3.74. The molecule has 3 nitrogen and oxygen atoms in total. The van der Waals surface area contributed by atoms with Gasteiger partial charge in [-0.2, -0.15) is 0 Å². The van der Waals surface area contributed by atoms with Crippen LogP contribution in [0.3, 0.4) is 0 Å². The Kier molecular flexibility index (Phi) is 3.68. The van der Waals surface area contributed by atoms with Gasteiger partial charge in [-0.25, -0.2) is 4.98 Å². The number of nitrogens with two attached hydrogens (primary N) is 1. The molecule has 0 fully saturated rings. The maximum absolute atomic E-state index is 6.06. The number of halogens is 2. The summed E-state index contributed by atoms with van der Waals surface area (Å²) in [5.41, 5.74) is 6.40. The van der Waals surface area contributed by atoms with Crippen molar-refractivity contribution in [3.05, 3.63) is 40.2 Å². The van der Waals surface area contributed by atoms with Crippen LogP contribution in [-0.4, -0.2) is 9.97 Å². The molecule has 2 aromatic rings. The van der Waals surface area contributed by atoms with Gasteiger partial charge in [-0.05, 0) is 28.1 Å². The van der Waals surface area contributed by atoms with Gasteiger partial charge >= 0.3 is 0 Å². The van der Waals surface area contributed by atoms with Gasteiger partial charge in [0.1, 0.15) is 5.03 Å². The summed E-state index contributed by atoms with van der Waals surface area (Å²) in [6.07, 6.45) is 4.99. The Labute approximate surface area is 111 Å². The van der Waals surface area contributed by atoms with Crippen molar-refractivity contribution in [2.75, 3.05) is 5.73 Å². The third-order valence-electron chi connectivity index (χ3n) is 1.79. The van der Waals surface area contributed by atoms with Gasteiger partial charge in [0.15, 0.2) is 0 Å². The Morgan fingerprint density at radius 3 is 2.88 bits per heavy atom. The van der Waals surface area contributed by atoms with Gasteiger partial charge in [0.05, 0.1) is 16.9 Å². The van der Waals surface area contributed by atoms with Gasteiger partial charge in [-0.3, -0.25) is 4.98 Å². The number of hydrogen-bond donors (Lipinski definition) is 1. The number of aromatic nitrogens is 2. The summed E-state index contributed by atoms with van der Waals surface area (Å²) in [5.74, 6) is 0. The first-order valence-electron chi connectivity index (χ1n) is 4.35. The molecule has 0 aliphatic carbocycles. The monoisotopic (exact) mass is 315 g/mol. The molecule has 6 heteroatoms. The van der Waals surface area contributed by atoms with Crippen LogP contribution < -0.4 is 5.73 Å². The Morgan fingerprint density at radius 2 is 2.19 bits per heavy atom. The molecule has 0 spiro atoms. The van der Waals surface area contributed by atoms with Crippen LogP contribution in [0.5, 0.6) is 0 Å². The summed E-state index contributed by atoms with van der Waals surface area (Å²) >= 11 is 10.8. The molecular weight excluding hydrogens is 310 g/mol. The van der Waals surface area contributed by atoms with Crippen LogP contribution in [0, 0.1) is 0 Å². The lowest BCUT2D eigenvalue weighted by molar-refractivity contribution is 1.12. The first kappa shape index (κ1) is 11.7. The summed E-state index contributed by atoms with van der Waals surface area (Å²) in [6.45, 7) is 0. The van der Waals surface area contributed by atoms with E-state index in [2.05, 4.69) is 25.9 Å². The summed E-state index contributed by atoms with van der Waals surface area (Å²) in [7, 11) is 0. The summed E-state index contributed by atoms with van der Waals surface area (Å²) in [5, 5.41) is 1.32. The van der Waals surface area contributed by atoms with E-state index < -0.39 is 0 Å². The zero-order chi connectivity index (χ0) is 11.5. The van der Waals surface area contributed by atoms with Gasteiger partial charge in [0.25, 0.3) is 0 Å². The van der Waals surface area contributed by atoms with Crippen LogP contribution in [-0.2, 0) is 0 Å². The molecule has 2 rings (SSSR count). The lowest BCUT2D eigenvalue weighted by atomic mass is 10.4. The lowest BCUT2D eigenvalue weighted by Gasteiger charge is -2.05. The second-order valence-electron chi connectivity index (χ2n) is 2.96. The number of pyridine rings is 2. The van der Waals surface area contributed by atoms with E-state index in [4.69, 9.17) is 17.3 Å². The summed E-state index contributed by atoms with van der Waals surface area (Å²) in [6, 6.07) is 3.63. The Morgan fingerprint density at radius 1 is 1.38 bits per heavy atom. The molecule has 0 radical (unpaired) electrons. The molecule has 0 aliphatic heterocycles. The first-order valence-corrected chi connectivity index (χ1v) is 6.34. The lowest BCUT2D eigenvalue weighted by Crippen LogP contribution is -1.90. The van der Waals surface area contributed by atoms with E-state index in [1.165, 1.54) is 11.8 Å². The normalized spacial score (nSPS) is 10.4. The highest BCUT2D eigenvalue weighted by atomic mass is 79.9. The number of nitrogen functional groups attached to an aromatic ring is 1. The maximum Gasteiger partial charge on any atom is 0.120 e. The molecule has 2 N–H and O–H groups in total. The minimum Gasteiger partial charge on any atom is -0.397 e. The molecular formula is C10H7BrClN3S. The predicted octanol–water partition coefficient (Wildman–Crippen LogP) is 3.63. The highest BCUT2D eigenvalue weighted by Gasteiger charge is 2.07. The van der Waals surface area contributed by atoms with Crippen molar-refractivity contribution in [1.82, 2.24) is 9.97 Å². The molecule has 2 heterocycles. The number of hydrogen-bond acceptors (Lipinski definition) is 4. The fourth-order valence-electron chi connectivity index (χ4n) is 1.07. The molecule has 0 aliphatic rings. The van der Waals surface area contributed by atoms with Gasteiger partial charge in [0.2, 0.25) is 0 Å². The van der Waals surface area contributed by atoms with Crippen molar-refractivity contribution in [2.24, 2.45) is 0 Å². The molecule has 2 aromatic heterocycles. The van der Waals surface area contributed by atoms with E-state index >= 15 is 0 Å². The number of anilines is 1. The molecule has 0 bridgehead atoms. The molecule has 16 heavy (non-hydrogen) atoms. The predicted molar refractivity (Wildman–Crippen MR) is 69.7 cm³/mol. The molecule has 0 saturated carbocycles. The zero-order valence-corrected chi connectivity index (χ0v) is 11.2. The molecule has 0 saturated heterocycles. The maximum atomic E-state index is 6.06. The number of rotatable bonds is 2. The van der Waals surface area contributed by atoms with E-state index in [1.807, 2.05) is 6.07 Å². The Bertz CT molecular complexity index is 521. The van der Waals surface area contributed by atoms with Crippen molar-refractivity contribution < 1.29 is 0 Å². The minimum atomic E-state index is 0.593. The Hall–Kier alpha value is -0.780. The molecule has 0 amide bonds. The van der Waals surface area contributed by atoms with E-state index in [0.29, 0.717) is 10.7 Å². The van der Waals surface area contributed by atoms with Gasteiger partial charge in [0, 0.05) is 21.8 Å². The van der Waals surface area contributed by atoms with Crippen LogP contribution in [0.2, 0.25) is 5.02 Å². The van der Waals surface area contributed by atoms with Gasteiger partial charge in [-0.1, -0.05) is 23.4 Å². The van der Waals surface area contributed by atoms with Crippen molar-refractivity contribution in [1.29, 1.82) is 0 Å². The quantitative estimate of drug-likeness (QED) is 0.919. The topological polar surface area (TPSA) is 51.8 Å². The fourth-order valence-corrected chi connectivity index (χ4v) is 2.58. The molecule has 0 unspecified atom stereocenters. The van der Waals surface area contributed by atoms with Crippen molar-refractivity contribution in [3.63, 3.8) is 0 Å². The standard InChI is InChI=1S/C10H7BrClN3S/c11-6-3-7(12)10(15-4-6)16-9-1-2-14-5-8(9)13/h1-5H,13H2. The van der Waals surface area contributed by atoms with Crippen LogP contribution in [0.4, 0.5) is 5.69 Å². The van der Waals surface area contributed by atoms with Crippen LogP contribution in [0.15, 0.2) is 45.1 Å². The second kappa shape index (κ2) is 5.03. The largest absolute Gasteiger partial charge is 0.397 e. The Balaban J connectivity index is 2.31. The average Bonchev–Trinajstić information content (AvgIpc) is 2.25. The van der Waals surface area contributed by atoms with Crippen molar-refractivity contribution in [3.8, 4) is 0 Å². The summed E-state index contributed by atoms with van der Waals surface area (Å²) in [4.78, 5) is 9.04. The van der Waals surface area contributed by atoms with Crippen LogP contribution in [0.25, 0.3) is 0 Å². The SMILES string of the molecule is Nc1cnccc1Sc1ncc(Br)cc1Cl. The van der Waals surface area contributed by atoms with E-state index in [9.17, 15) is 0 Å². The van der Waals surface area contributed by atoms with Crippen LogP contribution in [0.1, 0.15) is 0 Å². The minimum absolute atomic E-state index is 0.593. The van der Waals surface area contributed by atoms with Crippen molar-refractivity contribution in [2.45, 2.75) is 9.92 Å². The molecule has 82 valence electrons. The highest BCUT2D eigenvalue weighted by molar-refractivity contribution is 9.10. The smallest absolute Gasteiger partial charge is 0.120 e. The van der Waals surface area contributed by atoms with E-state index in [1.54, 1.807) is 24.7 Å². The van der Waals surface area contributed by atoms with Gasteiger partial charge in [-0.15, -0.1) is 0 Å². The zero-order valence-electron chi connectivity index (χ0n) is 8.02. The second-order valence-corrected chi connectivity index (χ2v) is 5.31. The van der Waals surface area contributed by atoms with Gasteiger partial charge < -0.3 is 5.73 Å². The third kappa shape index (κ3) is 2.66. The average molecular weight is 317 g/mol. The highest BCUT2D eigenvalue weighted by Crippen LogP contribution is 2.35. The van der Waals surface area contributed by atoms with E-state index in [0.717, 1.165) is 14.4 Å². The fraction of sp³-hybridized carbons (Fsp3) is 0. The number of nitrogens with zero attached hydrogens (tertiary/aromatic N) is 2. The first-order chi connectivity index (χ1) is 7.66. The molecule has 0 aromatic carbocycles. The van der Waals surface area contributed by atoms with E-state index in [-0.39, 0.29) is 0 Å².